The van der Waals surface area contributed by atoms with E-state index in [9.17, 15) is 4.39 Å². The minimum atomic E-state index is -0.524. The Morgan fingerprint density at radius 2 is 2.12 bits per heavy atom. The van der Waals surface area contributed by atoms with Gasteiger partial charge in [0, 0.05) is 42.3 Å². The van der Waals surface area contributed by atoms with Crippen molar-refractivity contribution >= 4 is 28.5 Å². The molecule has 25 heavy (non-hydrogen) atoms. The number of nitrogens with one attached hydrogen (secondary N) is 2. The number of pyridine rings is 2. The van der Waals surface area contributed by atoms with Crippen molar-refractivity contribution in [2.75, 3.05) is 5.32 Å². The van der Waals surface area contributed by atoms with Crippen molar-refractivity contribution in [1.82, 2.24) is 24.9 Å². The highest BCUT2D eigenvalue weighted by Gasteiger charge is 2.13. The van der Waals surface area contributed by atoms with Crippen LogP contribution in [0, 0.1) is 5.82 Å². The second-order valence-electron chi connectivity index (χ2n) is 5.36. The molecular weight excluding hydrogens is 343 g/mol. The van der Waals surface area contributed by atoms with Gasteiger partial charge < -0.3 is 10.3 Å². The number of aromatic nitrogens is 5. The quantitative estimate of drug-likeness (QED) is 0.582. The standard InChI is InChI=1S/C17H12ClFN6/c18-11-4-12-13(8-23-15(12)22-7-11)16-24-9-14(19)17(25-16)21-6-10-2-1-3-20-5-10/h1-5,7-9H,6H2,(H,22,23)(H,21,24,25). The molecule has 4 aromatic rings. The van der Waals surface area contributed by atoms with Gasteiger partial charge in [-0.15, -0.1) is 0 Å². The third-order valence-electron chi connectivity index (χ3n) is 3.67. The Hall–Kier alpha value is -3.06. The van der Waals surface area contributed by atoms with Crippen molar-refractivity contribution in [2.45, 2.75) is 6.54 Å². The van der Waals surface area contributed by atoms with Crippen LogP contribution < -0.4 is 5.32 Å². The van der Waals surface area contributed by atoms with Gasteiger partial charge in [-0.2, -0.15) is 0 Å². The number of hydrogen-bond donors (Lipinski definition) is 2. The summed E-state index contributed by atoms with van der Waals surface area (Å²) in [5, 5.41) is 4.25. The number of halogens is 2. The summed E-state index contributed by atoms with van der Waals surface area (Å²) >= 11 is 6.01. The summed E-state index contributed by atoms with van der Waals surface area (Å²) in [7, 11) is 0. The zero-order valence-corrected chi connectivity index (χ0v) is 13.6. The first-order valence-electron chi connectivity index (χ1n) is 7.49. The normalized spacial score (nSPS) is 11.0. The van der Waals surface area contributed by atoms with Crippen molar-refractivity contribution in [2.24, 2.45) is 0 Å². The Morgan fingerprint density at radius 1 is 1.20 bits per heavy atom. The van der Waals surface area contributed by atoms with Gasteiger partial charge in [-0.3, -0.25) is 4.98 Å². The van der Waals surface area contributed by atoms with Gasteiger partial charge in [-0.25, -0.2) is 19.3 Å². The third-order valence-corrected chi connectivity index (χ3v) is 3.87. The molecule has 0 bridgehead atoms. The lowest BCUT2D eigenvalue weighted by Crippen LogP contribution is -2.05. The molecule has 0 saturated carbocycles. The lowest BCUT2D eigenvalue weighted by atomic mass is 10.2. The van der Waals surface area contributed by atoms with E-state index in [-0.39, 0.29) is 5.82 Å². The highest BCUT2D eigenvalue weighted by atomic mass is 35.5. The maximum Gasteiger partial charge on any atom is 0.183 e. The number of nitrogens with zero attached hydrogens (tertiary/aromatic N) is 4. The van der Waals surface area contributed by atoms with Crippen LogP contribution in [-0.2, 0) is 6.54 Å². The van der Waals surface area contributed by atoms with Crippen LogP contribution in [0.3, 0.4) is 0 Å². The molecule has 2 N–H and O–H groups in total. The van der Waals surface area contributed by atoms with E-state index < -0.39 is 5.82 Å². The Bertz CT molecular complexity index is 1030. The molecule has 8 heteroatoms. The van der Waals surface area contributed by atoms with Crippen LogP contribution in [0.4, 0.5) is 10.2 Å². The molecule has 0 spiro atoms. The largest absolute Gasteiger partial charge is 0.363 e. The van der Waals surface area contributed by atoms with Crippen LogP contribution >= 0.6 is 11.6 Å². The fourth-order valence-corrected chi connectivity index (χ4v) is 2.63. The molecule has 0 radical (unpaired) electrons. The molecule has 0 aliphatic heterocycles. The van der Waals surface area contributed by atoms with Crippen LogP contribution in [-0.4, -0.2) is 24.9 Å². The average molecular weight is 355 g/mol. The van der Waals surface area contributed by atoms with E-state index in [0.29, 0.717) is 28.6 Å². The number of anilines is 1. The summed E-state index contributed by atoms with van der Waals surface area (Å²) in [4.78, 5) is 19.7. The molecule has 0 aliphatic rings. The fraction of sp³-hybridized carbons (Fsp3) is 0.0588. The first kappa shape index (κ1) is 15.5. The highest BCUT2D eigenvalue weighted by Crippen LogP contribution is 2.28. The van der Waals surface area contributed by atoms with Crippen LogP contribution in [0.5, 0.6) is 0 Å². The molecular formula is C17H12ClFN6. The monoisotopic (exact) mass is 354 g/mol. The summed E-state index contributed by atoms with van der Waals surface area (Å²) in [6.45, 7) is 0.405. The second kappa shape index (κ2) is 6.45. The van der Waals surface area contributed by atoms with Gasteiger partial charge >= 0.3 is 0 Å². The Morgan fingerprint density at radius 3 is 2.96 bits per heavy atom. The predicted molar refractivity (Wildman–Crippen MR) is 93.7 cm³/mol. The number of hydrogen-bond acceptors (Lipinski definition) is 5. The number of H-pyrrole nitrogens is 1. The Labute approximate surface area is 147 Å². The van der Waals surface area contributed by atoms with Gasteiger partial charge in [-0.05, 0) is 17.7 Å². The van der Waals surface area contributed by atoms with Gasteiger partial charge in [-0.1, -0.05) is 17.7 Å². The summed E-state index contributed by atoms with van der Waals surface area (Å²) in [6.07, 6.45) is 7.82. The molecule has 0 atom stereocenters. The van der Waals surface area contributed by atoms with Gasteiger partial charge in [0.05, 0.1) is 11.2 Å². The summed E-state index contributed by atoms with van der Waals surface area (Å²) in [6, 6.07) is 5.49. The lowest BCUT2D eigenvalue weighted by Gasteiger charge is -2.08. The summed E-state index contributed by atoms with van der Waals surface area (Å²) in [5.74, 6) is -0.0211. The van der Waals surface area contributed by atoms with Gasteiger partial charge in [0.1, 0.15) is 5.65 Å². The molecule has 6 nitrogen and oxygen atoms in total. The van der Waals surface area contributed by atoms with Crippen LogP contribution in [0.15, 0.2) is 49.2 Å². The van der Waals surface area contributed by atoms with E-state index in [2.05, 4.69) is 30.2 Å². The molecule has 0 unspecified atom stereocenters. The van der Waals surface area contributed by atoms with Crippen molar-refractivity contribution in [1.29, 1.82) is 0 Å². The number of aromatic amines is 1. The van der Waals surface area contributed by atoms with E-state index in [1.54, 1.807) is 30.9 Å². The van der Waals surface area contributed by atoms with Crippen molar-refractivity contribution in [3.8, 4) is 11.4 Å². The van der Waals surface area contributed by atoms with Crippen molar-refractivity contribution in [3.63, 3.8) is 0 Å². The number of fused-ring (bicyclic) bond motifs is 1. The highest BCUT2D eigenvalue weighted by molar-refractivity contribution is 6.31. The van der Waals surface area contributed by atoms with Crippen molar-refractivity contribution in [3.05, 3.63) is 65.6 Å². The molecule has 0 aromatic carbocycles. The summed E-state index contributed by atoms with van der Waals surface area (Å²) < 4.78 is 14.0. The maximum absolute atomic E-state index is 14.0. The SMILES string of the molecule is Fc1cnc(-c2c[nH]c3ncc(Cl)cc23)nc1NCc1cccnc1. The van der Waals surface area contributed by atoms with Gasteiger partial charge in [0.25, 0.3) is 0 Å². The lowest BCUT2D eigenvalue weighted by molar-refractivity contribution is 0.617. The number of rotatable bonds is 4. The topological polar surface area (TPSA) is 79.4 Å². The average Bonchev–Trinajstić information content (AvgIpc) is 3.05. The maximum atomic E-state index is 14.0. The first-order valence-corrected chi connectivity index (χ1v) is 7.87. The molecule has 4 rings (SSSR count). The van der Waals surface area contributed by atoms with E-state index in [4.69, 9.17) is 11.6 Å². The molecule has 124 valence electrons. The molecule has 4 heterocycles. The zero-order chi connectivity index (χ0) is 17.2. The zero-order valence-electron chi connectivity index (χ0n) is 12.9. The Balaban J connectivity index is 1.68. The van der Waals surface area contributed by atoms with Gasteiger partial charge in [0.2, 0.25) is 0 Å². The summed E-state index contributed by atoms with van der Waals surface area (Å²) in [5.41, 5.74) is 2.29. The van der Waals surface area contributed by atoms with Crippen LogP contribution in [0.2, 0.25) is 5.02 Å². The van der Waals surface area contributed by atoms with E-state index in [1.165, 1.54) is 0 Å². The van der Waals surface area contributed by atoms with Gasteiger partial charge in [0.15, 0.2) is 17.5 Å². The minimum Gasteiger partial charge on any atom is -0.363 e. The van der Waals surface area contributed by atoms with Crippen LogP contribution in [0.1, 0.15) is 5.56 Å². The smallest absolute Gasteiger partial charge is 0.183 e. The molecule has 4 aromatic heterocycles. The Kier molecular flexibility index (Phi) is 3.99. The van der Waals surface area contributed by atoms with Crippen molar-refractivity contribution < 1.29 is 4.39 Å². The molecule has 0 fully saturated rings. The molecule has 0 aliphatic carbocycles. The van der Waals surface area contributed by atoms with E-state index in [0.717, 1.165) is 17.1 Å². The minimum absolute atomic E-state index is 0.123. The molecule has 0 amide bonds. The van der Waals surface area contributed by atoms with Crippen LogP contribution in [0.25, 0.3) is 22.4 Å². The third kappa shape index (κ3) is 3.14. The molecule has 0 saturated heterocycles. The van der Waals surface area contributed by atoms with E-state index in [1.807, 2.05) is 12.1 Å². The fourth-order valence-electron chi connectivity index (χ4n) is 2.47. The van der Waals surface area contributed by atoms with E-state index >= 15 is 0 Å². The predicted octanol–water partition coefficient (Wildman–Crippen LogP) is 3.82. The second-order valence-corrected chi connectivity index (χ2v) is 5.79. The first-order chi connectivity index (χ1) is 12.2.